The molecular formula is C10H21NO2. The largest absolute Gasteiger partial charge is 0.394 e. The lowest BCUT2D eigenvalue weighted by Gasteiger charge is -2.40. The van der Waals surface area contributed by atoms with E-state index in [0.717, 1.165) is 25.7 Å². The van der Waals surface area contributed by atoms with Gasteiger partial charge in [-0.1, -0.05) is 13.3 Å². The van der Waals surface area contributed by atoms with Gasteiger partial charge in [0, 0.05) is 12.6 Å². The number of nitrogens with two attached hydrogens (primary N) is 1. The first-order chi connectivity index (χ1) is 6.15. The Hall–Kier alpha value is -0.120. The Labute approximate surface area is 80.3 Å². The van der Waals surface area contributed by atoms with Crippen LogP contribution in [0, 0.1) is 5.92 Å². The minimum Gasteiger partial charge on any atom is -0.394 e. The summed E-state index contributed by atoms with van der Waals surface area (Å²) in [4.78, 5) is 0. The van der Waals surface area contributed by atoms with Crippen molar-refractivity contribution in [3.63, 3.8) is 0 Å². The van der Waals surface area contributed by atoms with Crippen LogP contribution in [0.4, 0.5) is 0 Å². The maximum absolute atomic E-state index is 9.14. The Morgan fingerprint density at radius 1 is 1.62 bits per heavy atom. The summed E-state index contributed by atoms with van der Waals surface area (Å²) in [6.07, 6.45) is 4.16. The normalized spacial score (nSPS) is 40.6. The number of ether oxygens (including phenoxy) is 1. The molecule has 1 fully saturated rings. The first-order valence-corrected chi connectivity index (χ1v) is 5.07. The van der Waals surface area contributed by atoms with Crippen molar-refractivity contribution in [3.8, 4) is 0 Å². The molecular weight excluding hydrogens is 166 g/mol. The maximum Gasteiger partial charge on any atom is 0.0617 e. The van der Waals surface area contributed by atoms with E-state index in [0.29, 0.717) is 5.92 Å². The third-order valence-corrected chi connectivity index (χ3v) is 3.29. The van der Waals surface area contributed by atoms with Gasteiger partial charge in [0.15, 0.2) is 0 Å². The number of rotatable bonds is 3. The zero-order valence-corrected chi connectivity index (χ0v) is 8.62. The fraction of sp³-hybridized carbons (Fsp3) is 1.00. The second-order valence-corrected chi connectivity index (χ2v) is 4.21. The van der Waals surface area contributed by atoms with Gasteiger partial charge in [-0.25, -0.2) is 0 Å². The summed E-state index contributed by atoms with van der Waals surface area (Å²) in [5, 5.41) is 9.14. The molecule has 3 N–H and O–H groups in total. The minimum absolute atomic E-state index is 0.0727. The Bertz CT molecular complexity index is 163. The van der Waals surface area contributed by atoms with Crippen LogP contribution in [0.25, 0.3) is 0 Å². The molecule has 0 amide bonds. The number of hydrogen-bond acceptors (Lipinski definition) is 3. The molecule has 0 heterocycles. The number of methoxy groups -OCH3 is 1. The van der Waals surface area contributed by atoms with Crippen molar-refractivity contribution >= 4 is 0 Å². The highest BCUT2D eigenvalue weighted by atomic mass is 16.5. The minimum atomic E-state index is -0.396. The van der Waals surface area contributed by atoms with Gasteiger partial charge in [0.1, 0.15) is 0 Å². The summed E-state index contributed by atoms with van der Waals surface area (Å²) >= 11 is 0. The van der Waals surface area contributed by atoms with E-state index in [4.69, 9.17) is 15.6 Å². The van der Waals surface area contributed by atoms with E-state index in [9.17, 15) is 0 Å². The SMILES string of the molecule is CCC1CCC(N)(CO)CC1OC. The van der Waals surface area contributed by atoms with Gasteiger partial charge in [-0.15, -0.1) is 0 Å². The lowest BCUT2D eigenvalue weighted by molar-refractivity contribution is -0.0171. The molecule has 0 aromatic carbocycles. The van der Waals surface area contributed by atoms with Crippen molar-refractivity contribution < 1.29 is 9.84 Å². The molecule has 3 unspecified atom stereocenters. The molecule has 1 aliphatic carbocycles. The second kappa shape index (κ2) is 4.40. The number of hydrogen-bond donors (Lipinski definition) is 2. The quantitative estimate of drug-likeness (QED) is 0.690. The van der Waals surface area contributed by atoms with Crippen molar-refractivity contribution in [1.29, 1.82) is 0 Å². The Morgan fingerprint density at radius 3 is 2.77 bits per heavy atom. The van der Waals surface area contributed by atoms with Gasteiger partial charge >= 0.3 is 0 Å². The molecule has 1 rings (SSSR count). The van der Waals surface area contributed by atoms with Gasteiger partial charge in [-0.3, -0.25) is 0 Å². The summed E-state index contributed by atoms with van der Waals surface area (Å²) in [6, 6.07) is 0. The lowest BCUT2D eigenvalue weighted by atomic mass is 9.74. The van der Waals surface area contributed by atoms with Crippen LogP contribution in [0.15, 0.2) is 0 Å². The van der Waals surface area contributed by atoms with Gasteiger partial charge in [-0.2, -0.15) is 0 Å². The average Bonchev–Trinajstić information content (AvgIpc) is 2.18. The van der Waals surface area contributed by atoms with E-state index in [-0.39, 0.29) is 12.7 Å². The molecule has 1 aliphatic rings. The lowest BCUT2D eigenvalue weighted by Crippen LogP contribution is -2.51. The summed E-state index contributed by atoms with van der Waals surface area (Å²) in [7, 11) is 1.73. The van der Waals surface area contributed by atoms with Crippen LogP contribution in [-0.2, 0) is 4.74 Å². The molecule has 0 aromatic rings. The molecule has 0 bridgehead atoms. The first-order valence-electron chi connectivity index (χ1n) is 5.07. The highest BCUT2D eigenvalue weighted by Crippen LogP contribution is 2.33. The molecule has 0 saturated heterocycles. The summed E-state index contributed by atoms with van der Waals surface area (Å²) in [5.41, 5.74) is 5.61. The van der Waals surface area contributed by atoms with Crippen LogP contribution >= 0.6 is 0 Å². The van der Waals surface area contributed by atoms with Gasteiger partial charge in [0.05, 0.1) is 12.7 Å². The first kappa shape index (κ1) is 11.0. The van der Waals surface area contributed by atoms with Crippen molar-refractivity contribution in [2.45, 2.75) is 44.2 Å². The van der Waals surface area contributed by atoms with Crippen LogP contribution in [0.3, 0.4) is 0 Å². The highest BCUT2D eigenvalue weighted by molar-refractivity contribution is 4.93. The van der Waals surface area contributed by atoms with Gasteiger partial charge in [0.25, 0.3) is 0 Å². The molecule has 0 radical (unpaired) electrons. The third-order valence-electron chi connectivity index (χ3n) is 3.29. The topological polar surface area (TPSA) is 55.5 Å². The standard InChI is InChI=1S/C10H21NO2/c1-3-8-4-5-10(11,7-12)6-9(8)13-2/h8-9,12H,3-7,11H2,1-2H3. The van der Waals surface area contributed by atoms with Crippen molar-refractivity contribution in [2.24, 2.45) is 11.7 Å². The molecule has 0 spiro atoms. The van der Waals surface area contributed by atoms with Gasteiger partial charge < -0.3 is 15.6 Å². The maximum atomic E-state index is 9.14. The molecule has 0 aliphatic heterocycles. The van der Waals surface area contributed by atoms with E-state index >= 15 is 0 Å². The zero-order chi connectivity index (χ0) is 9.90. The predicted octanol–water partition coefficient (Wildman–Crippen LogP) is 0.901. The Morgan fingerprint density at radius 2 is 2.31 bits per heavy atom. The number of aliphatic hydroxyl groups excluding tert-OH is 1. The van der Waals surface area contributed by atoms with Crippen LogP contribution in [0.1, 0.15) is 32.6 Å². The smallest absolute Gasteiger partial charge is 0.0617 e. The second-order valence-electron chi connectivity index (χ2n) is 4.21. The van der Waals surface area contributed by atoms with Crippen LogP contribution in [0.5, 0.6) is 0 Å². The predicted molar refractivity (Wildman–Crippen MR) is 52.4 cm³/mol. The molecule has 78 valence electrons. The van der Waals surface area contributed by atoms with E-state index < -0.39 is 5.54 Å². The summed E-state index contributed by atoms with van der Waals surface area (Å²) < 4.78 is 5.40. The molecule has 3 atom stereocenters. The third kappa shape index (κ3) is 2.42. The molecule has 0 aromatic heterocycles. The van der Waals surface area contributed by atoms with E-state index in [1.807, 2.05) is 0 Å². The Balaban J connectivity index is 2.57. The van der Waals surface area contributed by atoms with Crippen molar-refractivity contribution in [3.05, 3.63) is 0 Å². The fourth-order valence-electron chi connectivity index (χ4n) is 2.21. The van der Waals surface area contributed by atoms with Crippen LogP contribution in [0.2, 0.25) is 0 Å². The number of aliphatic hydroxyl groups is 1. The average molecular weight is 187 g/mol. The monoisotopic (exact) mass is 187 g/mol. The van der Waals surface area contributed by atoms with Crippen molar-refractivity contribution in [2.75, 3.05) is 13.7 Å². The van der Waals surface area contributed by atoms with Gasteiger partial charge in [-0.05, 0) is 25.2 Å². The van der Waals surface area contributed by atoms with Crippen molar-refractivity contribution in [1.82, 2.24) is 0 Å². The van der Waals surface area contributed by atoms with E-state index in [1.54, 1.807) is 7.11 Å². The summed E-state index contributed by atoms with van der Waals surface area (Å²) in [6.45, 7) is 2.25. The van der Waals surface area contributed by atoms with E-state index in [1.165, 1.54) is 0 Å². The molecule has 13 heavy (non-hydrogen) atoms. The molecule has 3 heteroatoms. The van der Waals surface area contributed by atoms with Crippen LogP contribution < -0.4 is 5.73 Å². The molecule has 1 saturated carbocycles. The van der Waals surface area contributed by atoms with Crippen LogP contribution in [-0.4, -0.2) is 30.5 Å². The zero-order valence-electron chi connectivity index (χ0n) is 8.62. The molecule has 3 nitrogen and oxygen atoms in total. The van der Waals surface area contributed by atoms with E-state index in [2.05, 4.69) is 6.92 Å². The highest BCUT2D eigenvalue weighted by Gasteiger charge is 2.37. The Kier molecular flexibility index (Phi) is 3.71. The van der Waals surface area contributed by atoms with Gasteiger partial charge in [0.2, 0.25) is 0 Å². The fourth-order valence-corrected chi connectivity index (χ4v) is 2.21. The summed E-state index contributed by atoms with van der Waals surface area (Å²) in [5.74, 6) is 0.619.